The van der Waals surface area contributed by atoms with Gasteiger partial charge in [-0.2, -0.15) is 0 Å². The standard InChI is InChI=1S/C21H28N2O2S/c1-12(11-22-2)13-3-5-14(6-4-13)18-17(24)8-7-16-19(18)15-9-10-26-20(15)21(25)23-16/h3-6,9-10,12,15-20,22,24H,7-8,11H2,1-2H3,(H,23,25)/t12-,15?,16?,17?,18?,19?,20?/m0/s1. The van der Waals surface area contributed by atoms with Crippen molar-refractivity contribution in [2.75, 3.05) is 13.6 Å². The summed E-state index contributed by atoms with van der Waals surface area (Å²) < 4.78 is 0. The lowest BCUT2D eigenvalue weighted by atomic mass is 9.63. The number of hydrogen-bond acceptors (Lipinski definition) is 4. The molecule has 140 valence electrons. The molecule has 1 aromatic carbocycles. The predicted octanol–water partition coefficient (Wildman–Crippen LogP) is 2.61. The number of carbonyl (C=O) groups excluding carboxylic acids is 1. The molecule has 2 heterocycles. The molecule has 4 nitrogen and oxygen atoms in total. The molecule has 6 unspecified atom stereocenters. The van der Waals surface area contributed by atoms with Crippen molar-refractivity contribution in [1.29, 1.82) is 0 Å². The third kappa shape index (κ3) is 3.10. The SMILES string of the molecule is CNC[C@H](C)c1ccc(C2C(O)CCC3NC(=O)C4SC=CC4C32)cc1. The summed E-state index contributed by atoms with van der Waals surface area (Å²) in [5, 5.41) is 19.4. The molecule has 1 amide bonds. The van der Waals surface area contributed by atoms with E-state index in [1.54, 1.807) is 11.8 Å². The number of aliphatic hydroxyl groups is 1. The first-order valence-corrected chi connectivity index (χ1v) is 10.6. The van der Waals surface area contributed by atoms with Crippen molar-refractivity contribution < 1.29 is 9.90 Å². The Morgan fingerprint density at radius 3 is 2.81 bits per heavy atom. The summed E-state index contributed by atoms with van der Waals surface area (Å²) in [7, 11) is 1.98. The molecule has 1 aromatic rings. The van der Waals surface area contributed by atoms with Gasteiger partial charge in [-0.3, -0.25) is 4.79 Å². The summed E-state index contributed by atoms with van der Waals surface area (Å²) in [6.07, 6.45) is 3.47. The van der Waals surface area contributed by atoms with Crippen LogP contribution in [-0.2, 0) is 4.79 Å². The number of aliphatic hydroxyl groups excluding tert-OH is 1. The first-order chi connectivity index (χ1) is 12.6. The fraction of sp³-hybridized carbons (Fsp3) is 0.571. The summed E-state index contributed by atoms with van der Waals surface area (Å²) in [6, 6.07) is 8.95. The van der Waals surface area contributed by atoms with E-state index in [0.29, 0.717) is 5.92 Å². The molecule has 0 bridgehead atoms. The molecule has 1 aliphatic carbocycles. The molecule has 7 atom stereocenters. The molecule has 0 radical (unpaired) electrons. The molecule has 0 spiro atoms. The minimum absolute atomic E-state index is 0.0287. The van der Waals surface area contributed by atoms with E-state index in [-0.39, 0.29) is 41.1 Å². The Bertz CT molecular complexity index is 690. The number of amides is 1. The maximum absolute atomic E-state index is 12.4. The van der Waals surface area contributed by atoms with Crippen LogP contribution < -0.4 is 10.6 Å². The third-order valence-electron chi connectivity index (χ3n) is 6.37. The van der Waals surface area contributed by atoms with E-state index in [0.717, 1.165) is 19.4 Å². The van der Waals surface area contributed by atoms with Gasteiger partial charge in [-0.1, -0.05) is 37.3 Å². The lowest BCUT2D eigenvalue weighted by molar-refractivity contribution is -0.126. The fourth-order valence-corrected chi connectivity index (χ4v) is 6.15. The van der Waals surface area contributed by atoms with Crippen LogP contribution in [0.3, 0.4) is 0 Å². The summed E-state index contributed by atoms with van der Waals surface area (Å²) in [4.78, 5) is 12.4. The van der Waals surface area contributed by atoms with Crippen molar-refractivity contribution in [3.05, 3.63) is 46.9 Å². The third-order valence-corrected chi connectivity index (χ3v) is 7.51. The smallest absolute Gasteiger partial charge is 0.234 e. The highest BCUT2D eigenvalue weighted by Crippen LogP contribution is 2.50. The minimum Gasteiger partial charge on any atom is -0.392 e. The average Bonchev–Trinajstić information content (AvgIpc) is 3.13. The number of thioether (sulfide) groups is 1. The molecular formula is C21H28N2O2S. The molecular weight excluding hydrogens is 344 g/mol. The predicted molar refractivity (Wildman–Crippen MR) is 106 cm³/mol. The van der Waals surface area contributed by atoms with E-state index < -0.39 is 0 Å². The first-order valence-electron chi connectivity index (χ1n) is 9.65. The van der Waals surface area contributed by atoms with Gasteiger partial charge in [-0.15, -0.1) is 11.8 Å². The van der Waals surface area contributed by atoms with Crippen LogP contribution in [0.25, 0.3) is 0 Å². The van der Waals surface area contributed by atoms with E-state index in [4.69, 9.17) is 0 Å². The van der Waals surface area contributed by atoms with Crippen molar-refractivity contribution in [2.45, 2.75) is 49.0 Å². The Morgan fingerprint density at radius 2 is 2.08 bits per heavy atom. The molecule has 2 aliphatic heterocycles. The molecule has 1 saturated heterocycles. The number of rotatable bonds is 4. The van der Waals surface area contributed by atoms with Crippen LogP contribution in [0.5, 0.6) is 0 Å². The Kier molecular flexibility index (Phi) is 5.13. The van der Waals surface area contributed by atoms with Gasteiger partial charge in [0.2, 0.25) is 5.91 Å². The normalized spacial score (nSPS) is 37.0. The van der Waals surface area contributed by atoms with Crippen LogP contribution >= 0.6 is 11.8 Å². The number of fused-ring (bicyclic) bond motifs is 3. The van der Waals surface area contributed by atoms with Crippen molar-refractivity contribution >= 4 is 17.7 Å². The number of likely N-dealkylation sites (N-methyl/N-ethyl adjacent to an activating group) is 1. The lowest BCUT2D eigenvalue weighted by Crippen LogP contribution is -2.59. The highest BCUT2D eigenvalue weighted by atomic mass is 32.2. The summed E-state index contributed by atoms with van der Waals surface area (Å²) in [5.41, 5.74) is 2.52. The van der Waals surface area contributed by atoms with Crippen LogP contribution in [0, 0.1) is 11.8 Å². The zero-order chi connectivity index (χ0) is 18.3. The lowest BCUT2D eigenvalue weighted by Gasteiger charge is -2.48. The largest absolute Gasteiger partial charge is 0.392 e. The van der Waals surface area contributed by atoms with E-state index in [2.05, 4.69) is 53.3 Å². The molecule has 3 aliphatic rings. The van der Waals surface area contributed by atoms with Crippen LogP contribution in [0.15, 0.2) is 35.7 Å². The zero-order valence-corrected chi connectivity index (χ0v) is 16.2. The number of benzene rings is 1. The highest BCUT2D eigenvalue weighted by Gasteiger charge is 2.51. The molecule has 26 heavy (non-hydrogen) atoms. The molecule has 1 saturated carbocycles. The Balaban J connectivity index is 1.63. The maximum Gasteiger partial charge on any atom is 0.234 e. The Hall–Kier alpha value is -1.30. The van der Waals surface area contributed by atoms with Gasteiger partial charge in [0.15, 0.2) is 0 Å². The minimum atomic E-state index is -0.341. The number of piperidine rings is 1. The summed E-state index contributed by atoms with van der Waals surface area (Å²) >= 11 is 1.62. The summed E-state index contributed by atoms with van der Waals surface area (Å²) in [6.45, 7) is 3.17. The molecule has 4 rings (SSSR count). The van der Waals surface area contributed by atoms with Crippen LogP contribution in [0.1, 0.15) is 42.7 Å². The number of hydrogen-bond donors (Lipinski definition) is 3. The van der Waals surface area contributed by atoms with E-state index in [9.17, 15) is 9.90 Å². The van der Waals surface area contributed by atoms with E-state index in [1.165, 1.54) is 11.1 Å². The first kappa shape index (κ1) is 18.1. The fourth-order valence-electron chi connectivity index (χ4n) is 5.06. The van der Waals surface area contributed by atoms with Gasteiger partial charge < -0.3 is 15.7 Å². The van der Waals surface area contributed by atoms with Gasteiger partial charge in [-0.05, 0) is 48.3 Å². The Morgan fingerprint density at radius 1 is 1.31 bits per heavy atom. The maximum atomic E-state index is 12.4. The molecule has 3 N–H and O–H groups in total. The van der Waals surface area contributed by atoms with Crippen molar-refractivity contribution in [3.63, 3.8) is 0 Å². The monoisotopic (exact) mass is 372 g/mol. The van der Waals surface area contributed by atoms with E-state index in [1.807, 2.05) is 7.05 Å². The van der Waals surface area contributed by atoms with Crippen LogP contribution in [-0.4, -0.2) is 42.0 Å². The van der Waals surface area contributed by atoms with Gasteiger partial charge in [-0.25, -0.2) is 0 Å². The van der Waals surface area contributed by atoms with Crippen molar-refractivity contribution in [2.24, 2.45) is 11.8 Å². The number of carbonyl (C=O) groups is 1. The van der Waals surface area contributed by atoms with Gasteiger partial charge in [0, 0.05) is 24.4 Å². The number of allylic oxidation sites excluding steroid dienone is 1. The van der Waals surface area contributed by atoms with Crippen LogP contribution in [0.4, 0.5) is 0 Å². The topological polar surface area (TPSA) is 61.4 Å². The average molecular weight is 373 g/mol. The quantitative estimate of drug-likeness (QED) is 0.760. The zero-order valence-electron chi connectivity index (χ0n) is 15.4. The Labute approximate surface area is 159 Å². The van der Waals surface area contributed by atoms with Gasteiger partial charge in [0.05, 0.1) is 11.4 Å². The number of nitrogens with one attached hydrogen (secondary N) is 2. The molecule has 2 fully saturated rings. The second-order valence-electron chi connectivity index (χ2n) is 7.95. The van der Waals surface area contributed by atoms with Crippen LogP contribution in [0.2, 0.25) is 0 Å². The molecule has 0 aromatic heterocycles. The van der Waals surface area contributed by atoms with Gasteiger partial charge in [0.25, 0.3) is 0 Å². The van der Waals surface area contributed by atoms with Crippen molar-refractivity contribution in [3.8, 4) is 0 Å². The van der Waals surface area contributed by atoms with E-state index >= 15 is 0 Å². The summed E-state index contributed by atoms with van der Waals surface area (Å²) in [5.74, 6) is 1.21. The molecule has 5 heteroatoms. The second-order valence-corrected chi connectivity index (χ2v) is 9.00. The van der Waals surface area contributed by atoms with Crippen molar-refractivity contribution in [1.82, 2.24) is 10.6 Å². The van der Waals surface area contributed by atoms with Gasteiger partial charge in [0.1, 0.15) is 0 Å². The second kappa shape index (κ2) is 7.37. The van der Waals surface area contributed by atoms with Gasteiger partial charge >= 0.3 is 0 Å². The highest BCUT2D eigenvalue weighted by molar-refractivity contribution is 8.03.